The predicted molar refractivity (Wildman–Crippen MR) is 91.6 cm³/mol. The van der Waals surface area contributed by atoms with Crippen molar-refractivity contribution in [2.24, 2.45) is 4.40 Å². The topological polar surface area (TPSA) is 46.5 Å². The summed E-state index contributed by atoms with van der Waals surface area (Å²) in [6.07, 6.45) is 0. The number of hydrogen-bond acceptors (Lipinski definition) is 4. The fourth-order valence-corrected chi connectivity index (χ4v) is 5.40. The van der Waals surface area contributed by atoms with Crippen LogP contribution in [-0.2, 0) is 10.0 Å². The molecule has 0 spiro atoms. The SMILES string of the molecule is Cc1ccc(-c2cc(=NS(=O)(=O)c3ccccc3)ss2)cc1. The molecule has 6 heteroatoms. The van der Waals surface area contributed by atoms with Crippen LogP contribution in [0.25, 0.3) is 10.4 Å². The van der Waals surface area contributed by atoms with Crippen LogP contribution < -0.4 is 4.67 Å². The highest BCUT2D eigenvalue weighted by Crippen LogP contribution is 2.25. The standard InChI is InChI=1S/C16H13NO2S3/c1-12-7-9-13(10-8-12)15-11-16(21-20-15)17-22(18,19)14-5-3-2-4-6-14/h2-11H,1H3. The van der Waals surface area contributed by atoms with Gasteiger partial charge in [0.1, 0.15) is 4.67 Å². The van der Waals surface area contributed by atoms with Crippen molar-refractivity contribution in [1.82, 2.24) is 0 Å². The largest absolute Gasteiger partial charge is 0.283 e. The average Bonchev–Trinajstić information content (AvgIpc) is 2.97. The van der Waals surface area contributed by atoms with Gasteiger partial charge in [-0.25, -0.2) is 0 Å². The highest BCUT2D eigenvalue weighted by Gasteiger charge is 2.11. The lowest BCUT2D eigenvalue weighted by Gasteiger charge is -1.96. The maximum atomic E-state index is 12.2. The molecule has 0 amide bonds. The number of nitrogens with zero attached hydrogens (tertiary/aromatic N) is 1. The van der Waals surface area contributed by atoms with Gasteiger partial charge in [-0.2, -0.15) is 8.42 Å². The van der Waals surface area contributed by atoms with Crippen molar-refractivity contribution in [3.05, 3.63) is 70.9 Å². The molecule has 0 saturated carbocycles. The molecule has 3 nitrogen and oxygen atoms in total. The van der Waals surface area contributed by atoms with Crippen LogP contribution >= 0.6 is 20.7 Å². The lowest BCUT2D eigenvalue weighted by Crippen LogP contribution is -2.02. The van der Waals surface area contributed by atoms with Crippen LogP contribution in [-0.4, -0.2) is 8.42 Å². The molecule has 0 saturated heterocycles. The minimum atomic E-state index is -3.65. The van der Waals surface area contributed by atoms with Gasteiger partial charge in [0.05, 0.1) is 4.90 Å². The van der Waals surface area contributed by atoms with Gasteiger partial charge >= 0.3 is 0 Å². The van der Waals surface area contributed by atoms with Crippen molar-refractivity contribution in [2.75, 3.05) is 0 Å². The van der Waals surface area contributed by atoms with Crippen LogP contribution in [0, 0.1) is 6.92 Å². The maximum Gasteiger partial charge on any atom is 0.283 e. The smallest absolute Gasteiger partial charge is 0.199 e. The first-order valence-electron chi connectivity index (χ1n) is 6.58. The third-order valence-corrected chi connectivity index (χ3v) is 6.78. The first-order chi connectivity index (χ1) is 10.5. The van der Waals surface area contributed by atoms with E-state index < -0.39 is 10.0 Å². The molecular formula is C16H13NO2S3. The van der Waals surface area contributed by atoms with Crippen molar-refractivity contribution < 1.29 is 8.42 Å². The monoisotopic (exact) mass is 347 g/mol. The molecule has 0 radical (unpaired) electrons. The minimum Gasteiger partial charge on any atom is -0.199 e. The molecule has 3 rings (SSSR count). The van der Waals surface area contributed by atoms with Crippen molar-refractivity contribution in [1.29, 1.82) is 0 Å². The van der Waals surface area contributed by atoms with Gasteiger partial charge in [-0.15, -0.1) is 4.40 Å². The molecular weight excluding hydrogens is 334 g/mol. The molecule has 22 heavy (non-hydrogen) atoms. The quantitative estimate of drug-likeness (QED) is 0.670. The van der Waals surface area contributed by atoms with Gasteiger partial charge in [0.2, 0.25) is 0 Å². The second kappa shape index (κ2) is 6.16. The van der Waals surface area contributed by atoms with Crippen molar-refractivity contribution in [3.63, 3.8) is 0 Å². The summed E-state index contributed by atoms with van der Waals surface area (Å²) in [4.78, 5) is 1.23. The molecule has 1 heterocycles. The van der Waals surface area contributed by atoms with Gasteiger partial charge in [0, 0.05) is 4.88 Å². The van der Waals surface area contributed by atoms with E-state index in [4.69, 9.17) is 0 Å². The second-order valence-electron chi connectivity index (χ2n) is 4.76. The molecule has 112 valence electrons. The third kappa shape index (κ3) is 3.35. The van der Waals surface area contributed by atoms with Gasteiger partial charge in [0.15, 0.2) is 0 Å². The zero-order chi connectivity index (χ0) is 15.6. The van der Waals surface area contributed by atoms with E-state index >= 15 is 0 Å². The zero-order valence-electron chi connectivity index (χ0n) is 11.8. The Balaban J connectivity index is 1.98. The molecule has 1 aromatic heterocycles. The second-order valence-corrected chi connectivity index (χ2v) is 8.55. The summed E-state index contributed by atoms with van der Waals surface area (Å²) < 4.78 is 28.9. The highest BCUT2D eigenvalue weighted by molar-refractivity contribution is 7.90. The van der Waals surface area contributed by atoms with Crippen molar-refractivity contribution in [2.45, 2.75) is 11.8 Å². The first kappa shape index (κ1) is 15.1. The summed E-state index contributed by atoms with van der Waals surface area (Å²) in [5.41, 5.74) is 2.27. The van der Waals surface area contributed by atoms with E-state index in [9.17, 15) is 8.42 Å². The van der Waals surface area contributed by atoms with E-state index in [1.807, 2.05) is 37.3 Å². The van der Waals surface area contributed by atoms with E-state index in [1.54, 1.807) is 30.3 Å². The van der Waals surface area contributed by atoms with Crippen LogP contribution in [0.1, 0.15) is 5.56 Å². The van der Waals surface area contributed by atoms with Gasteiger partial charge in [-0.3, -0.25) is 0 Å². The zero-order valence-corrected chi connectivity index (χ0v) is 14.2. The average molecular weight is 347 g/mol. The normalized spacial score (nSPS) is 12.5. The van der Waals surface area contributed by atoms with Crippen molar-refractivity contribution in [3.8, 4) is 10.4 Å². The van der Waals surface area contributed by atoms with Crippen LogP contribution in [0.3, 0.4) is 0 Å². The van der Waals surface area contributed by atoms with Crippen LogP contribution in [0.4, 0.5) is 0 Å². The molecule has 0 bridgehead atoms. The number of hydrogen-bond donors (Lipinski definition) is 0. The first-order valence-corrected chi connectivity index (χ1v) is 10.2. The number of sulfonamides is 1. The minimum absolute atomic E-state index is 0.213. The Morgan fingerprint density at radius 3 is 2.27 bits per heavy atom. The third-order valence-electron chi connectivity index (χ3n) is 3.06. The maximum absolute atomic E-state index is 12.2. The molecule has 0 aliphatic heterocycles. The molecule has 0 atom stereocenters. The van der Waals surface area contributed by atoms with E-state index in [-0.39, 0.29) is 4.90 Å². The summed E-state index contributed by atoms with van der Waals surface area (Å²) in [6.45, 7) is 2.04. The van der Waals surface area contributed by atoms with E-state index in [2.05, 4.69) is 4.40 Å². The lowest BCUT2D eigenvalue weighted by molar-refractivity contribution is 0.597. The molecule has 2 aromatic carbocycles. The Labute approximate surface area is 136 Å². The Bertz CT molecular complexity index is 937. The summed E-state index contributed by atoms with van der Waals surface area (Å²) in [5.74, 6) is 0. The van der Waals surface area contributed by atoms with E-state index in [0.717, 1.165) is 10.4 Å². The van der Waals surface area contributed by atoms with E-state index in [0.29, 0.717) is 4.67 Å². The number of aryl methyl sites for hydroxylation is 1. The van der Waals surface area contributed by atoms with Crippen LogP contribution in [0.2, 0.25) is 0 Å². The van der Waals surface area contributed by atoms with Gasteiger partial charge in [0.25, 0.3) is 10.0 Å². The van der Waals surface area contributed by atoms with Gasteiger partial charge in [-0.1, -0.05) is 68.7 Å². The Kier molecular flexibility index (Phi) is 4.24. The fourth-order valence-electron chi connectivity index (χ4n) is 1.90. The molecule has 3 aromatic rings. The fraction of sp³-hybridized carbons (Fsp3) is 0.0625. The number of rotatable bonds is 3. The lowest BCUT2D eigenvalue weighted by atomic mass is 10.1. The summed E-state index contributed by atoms with van der Waals surface area (Å²) in [6, 6.07) is 18.2. The predicted octanol–water partition coefficient (Wildman–Crippen LogP) is 4.07. The highest BCUT2D eigenvalue weighted by atomic mass is 32.9. The number of benzene rings is 2. The van der Waals surface area contributed by atoms with Crippen LogP contribution in [0.5, 0.6) is 0 Å². The Morgan fingerprint density at radius 1 is 0.909 bits per heavy atom. The molecule has 0 aliphatic rings. The summed E-state index contributed by atoms with van der Waals surface area (Å²) >= 11 is 0. The van der Waals surface area contributed by atoms with Crippen LogP contribution in [0.15, 0.2) is 70.0 Å². The van der Waals surface area contributed by atoms with Gasteiger partial charge < -0.3 is 0 Å². The van der Waals surface area contributed by atoms with Crippen molar-refractivity contribution >= 4 is 30.7 Å². The van der Waals surface area contributed by atoms with Gasteiger partial charge in [-0.05, 0) is 30.7 Å². The molecule has 0 N–H and O–H groups in total. The summed E-state index contributed by atoms with van der Waals surface area (Å²) in [5, 5.41) is 0. The molecule has 0 fully saturated rings. The molecule has 0 aliphatic carbocycles. The Morgan fingerprint density at radius 2 is 1.59 bits per heavy atom. The molecule has 0 unspecified atom stereocenters. The van der Waals surface area contributed by atoms with E-state index in [1.165, 1.54) is 26.2 Å². The Hall–Kier alpha value is -1.76. The summed E-state index contributed by atoms with van der Waals surface area (Å²) in [7, 11) is -0.753.